The highest BCUT2D eigenvalue weighted by molar-refractivity contribution is 6.33. The molecule has 11 heteroatoms. The predicted molar refractivity (Wildman–Crippen MR) is 133 cm³/mol. The molecule has 0 aliphatic carbocycles. The quantitative estimate of drug-likeness (QED) is 0.125. The number of nitrogens with zero attached hydrogens (tertiary/aromatic N) is 2. The van der Waals surface area contributed by atoms with Crippen LogP contribution in [0, 0.1) is 10.1 Å². The van der Waals surface area contributed by atoms with Crippen molar-refractivity contribution in [1.82, 2.24) is 0 Å². The van der Waals surface area contributed by atoms with E-state index in [0.717, 1.165) is 0 Å². The minimum absolute atomic E-state index is 0.0565. The molecular weight excluding hydrogens is 511 g/mol. The largest absolute Gasteiger partial charge is 0.493 e. The number of halogens is 2. The number of carbonyl (C=O) groups is 2. The van der Waals surface area contributed by atoms with Crippen LogP contribution in [0.2, 0.25) is 10.0 Å². The lowest BCUT2D eigenvalue weighted by Gasteiger charge is -2.13. The second-order valence-corrected chi connectivity index (χ2v) is 8.19. The van der Waals surface area contributed by atoms with Crippen LogP contribution in [-0.4, -0.2) is 36.3 Å². The van der Waals surface area contributed by atoms with Gasteiger partial charge in [-0.3, -0.25) is 14.9 Å². The van der Waals surface area contributed by atoms with E-state index >= 15 is 0 Å². The molecule has 36 heavy (non-hydrogen) atoms. The van der Waals surface area contributed by atoms with E-state index in [-0.39, 0.29) is 56.8 Å². The molecule has 3 aromatic carbocycles. The van der Waals surface area contributed by atoms with Crippen molar-refractivity contribution in [3.63, 3.8) is 0 Å². The number of esters is 1. The molecule has 9 nitrogen and oxygen atoms in total. The normalized spacial score (nSPS) is 13.8. The van der Waals surface area contributed by atoms with Crippen molar-refractivity contribution in [2.45, 2.75) is 0 Å². The van der Waals surface area contributed by atoms with Crippen molar-refractivity contribution in [3.05, 3.63) is 103 Å². The third-order valence-electron chi connectivity index (χ3n) is 5.01. The molecule has 0 unspecified atom stereocenters. The van der Waals surface area contributed by atoms with E-state index in [2.05, 4.69) is 4.99 Å². The molecule has 0 N–H and O–H groups in total. The summed E-state index contributed by atoms with van der Waals surface area (Å²) in [6.07, 6.45) is 1.41. The second-order valence-electron chi connectivity index (χ2n) is 7.37. The monoisotopic (exact) mass is 526 g/mol. The molecular formula is C25H16Cl2N2O7. The Balaban J connectivity index is 1.58. The van der Waals surface area contributed by atoms with Crippen LogP contribution in [0.15, 0.2) is 71.4 Å². The zero-order valence-electron chi connectivity index (χ0n) is 18.6. The highest BCUT2D eigenvalue weighted by atomic mass is 35.5. The average Bonchev–Trinajstić information content (AvgIpc) is 3.23. The molecule has 0 aromatic heterocycles. The summed E-state index contributed by atoms with van der Waals surface area (Å²) in [4.78, 5) is 39.4. The Morgan fingerprint density at radius 1 is 1.11 bits per heavy atom. The van der Waals surface area contributed by atoms with Gasteiger partial charge in [0, 0.05) is 17.2 Å². The Kier molecular flexibility index (Phi) is 7.33. The molecule has 0 radical (unpaired) electrons. The number of ketones is 1. The molecule has 3 aromatic rings. The first kappa shape index (κ1) is 24.9. The van der Waals surface area contributed by atoms with Crippen LogP contribution in [0.5, 0.6) is 11.5 Å². The van der Waals surface area contributed by atoms with Crippen LogP contribution in [0.4, 0.5) is 5.69 Å². The number of ether oxygens (including phenoxy) is 3. The van der Waals surface area contributed by atoms with Gasteiger partial charge in [0.25, 0.3) is 5.69 Å². The van der Waals surface area contributed by atoms with E-state index < -0.39 is 10.9 Å². The minimum atomic E-state index is -0.758. The summed E-state index contributed by atoms with van der Waals surface area (Å²) in [7, 11) is 1.40. The Morgan fingerprint density at radius 3 is 2.56 bits per heavy atom. The Bertz CT molecular complexity index is 1440. The summed E-state index contributed by atoms with van der Waals surface area (Å²) in [5, 5.41) is 11.2. The maximum atomic E-state index is 12.4. The van der Waals surface area contributed by atoms with Gasteiger partial charge in [-0.2, -0.15) is 0 Å². The Labute approximate surface area is 214 Å². The fourth-order valence-corrected chi connectivity index (χ4v) is 3.74. The number of methoxy groups -OCH3 is 1. The molecule has 0 fully saturated rings. The molecule has 1 aliphatic heterocycles. The van der Waals surface area contributed by atoms with Crippen LogP contribution < -0.4 is 9.47 Å². The van der Waals surface area contributed by atoms with Gasteiger partial charge in [0.1, 0.15) is 5.02 Å². The molecule has 182 valence electrons. The SMILES string of the molecule is COc1cc(/C=C2\N=C(c3ccc(Cl)c([N+](=O)[O-])c3)OC2=O)cc(Cl)c1OCC(=O)c1ccccc1. The fraction of sp³-hybridized carbons (Fsp3) is 0.0800. The van der Waals surface area contributed by atoms with Gasteiger partial charge in [-0.25, -0.2) is 9.79 Å². The molecule has 0 bridgehead atoms. The predicted octanol–water partition coefficient (Wildman–Crippen LogP) is 5.52. The first-order chi connectivity index (χ1) is 17.3. The van der Waals surface area contributed by atoms with Crippen LogP contribution in [0.3, 0.4) is 0 Å². The lowest BCUT2D eigenvalue weighted by molar-refractivity contribution is -0.384. The van der Waals surface area contributed by atoms with Gasteiger partial charge in [0.2, 0.25) is 5.90 Å². The lowest BCUT2D eigenvalue weighted by Crippen LogP contribution is -2.12. The maximum absolute atomic E-state index is 12.4. The van der Waals surface area contributed by atoms with Gasteiger partial charge in [-0.1, -0.05) is 53.5 Å². The van der Waals surface area contributed by atoms with Crippen molar-refractivity contribution in [3.8, 4) is 11.5 Å². The third kappa shape index (κ3) is 5.37. The Morgan fingerprint density at radius 2 is 1.86 bits per heavy atom. The summed E-state index contributed by atoms with van der Waals surface area (Å²) >= 11 is 12.2. The summed E-state index contributed by atoms with van der Waals surface area (Å²) in [5.74, 6) is -0.704. The van der Waals surface area contributed by atoms with Gasteiger partial charge in [0.15, 0.2) is 29.6 Å². The first-order valence-corrected chi connectivity index (χ1v) is 11.1. The molecule has 4 rings (SSSR count). The van der Waals surface area contributed by atoms with Gasteiger partial charge in [-0.15, -0.1) is 0 Å². The van der Waals surface area contributed by atoms with Crippen LogP contribution >= 0.6 is 23.2 Å². The molecule has 0 amide bonds. The minimum Gasteiger partial charge on any atom is -0.493 e. The summed E-state index contributed by atoms with van der Waals surface area (Å²) in [5.41, 5.74) is 0.744. The van der Waals surface area contributed by atoms with Crippen LogP contribution in [0.1, 0.15) is 21.5 Å². The average molecular weight is 527 g/mol. The van der Waals surface area contributed by atoms with Gasteiger partial charge >= 0.3 is 5.97 Å². The number of benzene rings is 3. The lowest BCUT2D eigenvalue weighted by atomic mass is 10.1. The number of nitro groups is 1. The zero-order valence-corrected chi connectivity index (χ0v) is 20.1. The van der Waals surface area contributed by atoms with Crippen LogP contribution in [-0.2, 0) is 9.53 Å². The molecule has 1 heterocycles. The fourth-order valence-electron chi connectivity index (χ4n) is 3.28. The van der Waals surface area contributed by atoms with Crippen molar-refractivity contribution in [2.75, 3.05) is 13.7 Å². The van der Waals surface area contributed by atoms with Gasteiger partial charge in [0.05, 0.1) is 17.1 Å². The third-order valence-corrected chi connectivity index (χ3v) is 5.61. The van der Waals surface area contributed by atoms with E-state index in [1.165, 1.54) is 37.5 Å². The molecule has 0 spiro atoms. The number of carbonyl (C=O) groups excluding carboxylic acids is 2. The number of rotatable bonds is 8. The highest BCUT2D eigenvalue weighted by Crippen LogP contribution is 2.37. The topological polar surface area (TPSA) is 117 Å². The number of hydrogen-bond donors (Lipinski definition) is 0. The molecule has 0 saturated carbocycles. The molecule has 0 saturated heterocycles. The highest BCUT2D eigenvalue weighted by Gasteiger charge is 2.26. The number of Topliss-reactive ketones (excluding diaryl/α,β-unsaturated/α-hetero) is 1. The van der Waals surface area contributed by atoms with Gasteiger partial charge in [-0.05, 0) is 35.9 Å². The number of aliphatic imine (C=N–C) groups is 1. The van der Waals surface area contributed by atoms with Crippen molar-refractivity contribution < 1.29 is 28.7 Å². The summed E-state index contributed by atoms with van der Waals surface area (Å²) in [6, 6.07) is 15.7. The van der Waals surface area contributed by atoms with Crippen molar-refractivity contribution in [2.24, 2.45) is 4.99 Å². The standard InChI is InChI=1S/C25H16Cl2N2O7/c1-34-22-11-14(9-18(27)23(22)35-13-21(30)15-5-3-2-4-6-15)10-19-25(31)36-24(28-19)16-7-8-17(26)20(12-16)29(32)33/h2-12H,13H2,1H3/b19-10-. The van der Waals surface area contributed by atoms with Gasteiger partial charge < -0.3 is 14.2 Å². The number of hydrogen-bond acceptors (Lipinski definition) is 8. The smallest absolute Gasteiger partial charge is 0.363 e. The van der Waals surface area contributed by atoms with E-state index in [0.29, 0.717) is 11.1 Å². The number of nitro benzene ring substituents is 1. The summed E-state index contributed by atoms with van der Waals surface area (Å²) < 4.78 is 16.2. The van der Waals surface area contributed by atoms with Crippen molar-refractivity contribution >= 4 is 52.6 Å². The maximum Gasteiger partial charge on any atom is 0.363 e. The van der Waals surface area contributed by atoms with E-state index in [1.807, 2.05) is 0 Å². The van der Waals surface area contributed by atoms with E-state index in [9.17, 15) is 19.7 Å². The Hall–Kier alpha value is -4.21. The summed E-state index contributed by atoms with van der Waals surface area (Å²) in [6.45, 7) is -0.256. The molecule has 1 aliphatic rings. The van der Waals surface area contributed by atoms with Crippen molar-refractivity contribution in [1.29, 1.82) is 0 Å². The van der Waals surface area contributed by atoms with Crippen LogP contribution in [0.25, 0.3) is 6.08 Å². The zero-order chi connectivity index (χ0) is 25.8. The van der Waals surface area contributed by atoms with E-state index in [1.54, 1.807) is 36.4 Å². The van der Waals surface area contributed by atoms with E-state index in [4.69, 9.17) is 37.4 Å². The molecule has 0 atom stereocenters. The second kappa shape index (κ2) is 10.6. The first-order valence-electron chi connectivity index (χ1n) is 10.3. The number of cyclic esters (lactones) is 1.